The number of hydrogen-bond acceptors (Lipinski definition) is 4. The summed E-state index contributed by atoms with van der Waals surface area (Å²) >= 11 is 0. The van der Waals surface area contributed by atoms with Gasteiger partial charge in [-0.05, 0) is 18.9 Å². The average molecular weight is 256 g/mol. The molecule has 1 aromatic carbocycles. The molecule has 100 valence electrons. The molecule has 0 unspecified atom stereocenters. The van der Waals surface area contributed by atoms with Crippen LogP contribution in [0, 0.1) is 6.92 Å². The summed E-state index contributed by atoms with van der Waals surface area (Å²) in [5, 5.41) is 0. The third kappa shape index (κ3) is 3.02. The summed E-state index contributed by atoms with van der Waals surface area (Å²) in [5.74, 6) is 1.49. The molecule has 0 aliphatic rings. The first-order chi connectivity index (χ1) is 9.11. The zero-order valence-corrected chi connectivity index (χ0v) is 11.7. The van der Waals surface area contributed by atoms with Gasteiger partial charge in [0.05, 0.1) is 0 Å². The van der Waals surface area contributed by atoms with Crippen molar-refractivity contribution in [1.82, 2.24) is 9.97 Å². The molecule has 4 heteroatoms. The van der Waals surface area contributed by atoms with Crippen molar-refractivity contribution < 1.29 is 0 Å². The number of rotatable bonds is 4. The minimum Gasteiger partial charge on any atom is -0.383 e. The van der Waals surface area contributed by atoms with Crippen molar-refractivity contribution in [3.05, 3.63) is 47.3 Å². The van der Waals surface area contributed by atoms with Gasteiger partial charge >= 0.3 is 0 Å². The van der Waals surface area contributed by atoms with Gasteiger partial charge in [0, 0.05) is 19.2 Å². The Morgan fingerprint density at radius 2 is 1.84 bits per heavy atom. The Balaban J connectivity index is 2.22. The summed E-state index contributed by atoms with van der Waals surface area (Å²) in [5.41, 5.74) is 9.44. The average Bonchev–Trinajstić information content (AvgIpc) is 2.41. The van der Waals surface area contributed by atoms with Gasteiger partial charge in [-0.15, -0.1) is 0 Å². The van der Waals surface area contributed by atoms with Gasteiger partial charge in [-0.1, -0.05) is 36.8 Å². The predicted octanol–water partition coefficient (Wildman–Crippen LogP) is 2.57. The maximum absolute atomic E-state index is 5.91. The van der Waals surface area contributed by atoms with E-state index in [0.29, 0.717) is 5.82 Å². The van der Waals surface area contributed by atoms with Gasteiger partial charge < -0.3 is 10.6 Å². The number of aromatic nitrogens is 2. The molecule has 0 saturated heterocycles. The van der Waals surface area contributed by atoms with Crippen LogP contribution in [0.1, 0.15) is 23.6 Å². The zero-order valence-electron chi connectivity index (χ0n) is 11.7. The lowest BCUT2D eigenvalue weighted by molar-refractivity contribution is 0.872. The Hall–Kier alpha value is -2.10. The van der Waals surface area contributed by atoms with E-state index in [-0.39, 0.29) is 0 Å². The highest BCUT2D eigenvalue weighted by Gasteiger charge is 2.11. The molecule has 0 aliphatic heterocycles. The van der Waals surface area contributed by atoms with Crippen LogP contribution in [-0.4, -0.2) is 17.0 Å². The van der Waals surface area contributed by atoms with Crippen LogP contribution in [0.25, 0.3) is 0 Å². The van der Waals surface area contributed by atoms with E-state index in [9.17, 15) is 0 Å². The van der Waals surface area contributed by atoms with Gasteiger partial charge in [0.1, 0.15) is 18.0 Å². The maximum Gasteiger partial charge on any atom is 0.137 e. The summed E-state index contributed by atoms with van der Waals surface area (Å²) in [6.45, 7) is 4.97. The van der Waals surface area contributed by atoms with Gasteiger partial charge in [-0.25, -0.2) is 9.97 Å². The van der Waals surface area contributed by atoms with Gasteiger partial charge in [-0.2, -0.15) is 0 Å². The van der Waals surface area contributed by atoms with Crippen molar-refractivity contribution in [3.8, 4) is 0 Å². The van der Waals surface area contributed by atoms with Crippen LogP contribution in [0.3, 0.4) is 0 Å². The molecule has 4 nitrogen and oxygen atoms in total. The summed E-state index contributed by atoms with van der Waals surface area (Å²) in [4.78, 5) is 10.5. The first-order valence-corrected chi connectivity index (χ1v) is 6.47. The monoisotopic (exact) mass is 256 g/mol. The molecule has 1 aromatic heterocycles. The molecule has 19 heavy (non-hydrogen) atoms. The molecule has 0 atom stereocenters. The molecule has 2 aromatic rings. The normalized spacial score (nSPS) is 10.5. The lowest BCUT2D eigenvalue weighted by Crippen LogP contribution is -2.20. The molecule has 0 radical (unpaired) electrons. The minimum atomic E-state index is 0.572. The summed E-state index contributed by atoms with van der Waals surface area (Å²) in [6, 6.07) is 8.53. The lowest BCUT2D eigenvalue weighted by atomic mass is 10.1. The molecule has 0 saturated carbocycles. The number of hydrogen-bond donors (Lipinski definition) is 1. The van der Waals surface area contributed by atoms with Crippen LogP contribution in [0.15, 0.2) is 30.6 Å². The maximum atomic E-state index is 5.91. The topological polar surface area (TPSA) is 55.0 Å². The highest BCUT2D eigenvalue weighted by atomic mass is 15.2. The van der Waals surface area contributed by atoms with E-state index < -0.39 is 0 Å². The smallest absolute Gasteiger partial charge is 0.137 e. The van der Waals surface area contributed by atoms with Gasteiger partial charge in [0.15, 0.2) is 0 Å². The standard InChI is InChI=1S/C15H20N4/c1-4-13-14(16)17-10-18-15(13)19(3)9-12-7-5-11(2)6-8-12/h5-8,10H,4,9H2,1-3H3,(H2,16,17,18). The Bertz CT molecular complexity index is 549. The van der Waals surface area contributed by atoms with Crippen LogP contribution in [0.5, 0.6) is 0 Å². The molecular formula is C15H20N4. The van der Waals surface area contributed by atoms with Crippen molar-refractivity contribution in [3.63, 3.8) is 0 Å². The molecule has 0 bridgehead atoms. The van der Waals surface area contributed by atoms with Crippen molar-refractivity contribution >= 4 is 11.6 Å². The van der Waals surface area contributed by atoms with Crippen LogP contribution in [0.4, 0.5) is 11.6 Å². The van der Waals surface area contributed by atoms with Crippen molar-refractivity contribution in [2.24, 2.45) is 0 Å². The number of benzene rings is 1. The third-order valence-electron chi connectivity index (χ3n) is 3.21. The lowest BCUT2D eigenvalue weighted by Gasteiger charge is -2.21. The van der Waals surface area contributed by atoms with Crippen molar-refractivity contribution in [2.75, 3.05) is 17.7 Å². The van der Waals surface area contributed by atoms with Crippen molar-refractivity contribution in [1.29, 1.82) is 0 Å². The van der Waals surface area contributed by atoms with Gasteiger partial charge in [0.25, 0.3) is 0 Å². The second-order valence-corrected chi connectivity index (χ2v) is 4.76. The Morgan fingerprint density at radius 1 is 1.16 bits per heavy atom. The molecule has 0 amide bonds. The van der Waals surface area contributed by atoms with E-state index in [2.05, 4.69) is 53.0 Å². The summed E-state index contributed by atoms with van der Waals surface area (Å²) < 4.78 is 0. The van der Waals surface area contributed by atoms with Crippen LogP contribution < -0.4 is 10.6 Å². The molecule has 0 fully saturated rings. The van der Waals surface area contributed by atoms with Crippen molar-refractivity contribution in [2.45, 2.75) is 26.8 Å². The van der Waals surface area contributed by atoms with Gasteiger partial charge in [-0.3, -0.25) is 0 Å². The fourth-order valence-electron chi connectivity index (χ4n) is 2.13. The fraction of sp³-hybridized carbons (Fsp3) is 0.333. The molecule has 2 N–H and O–H groups in total. The Labute approximate surface area is 114 Å². The van der Waals surface area contributed by atoms with Crippen LogP contribution in [0.2, 0.25) is 0 Å². The van der Waals surface area contributed by atoms with E-state index in [1.807, 2.05) is 7.05 Å². The molecule has 1 heterocycles. The minimum absolute atomic E-state index is 0.572. The highest BCUT2D eigenvalue weighted by molar-refractivity contribution is 5.56. The first kappa shape index (κ1) is 13.3. The second-order valence-electron chi connectivity index (χ2n) is 4.76. The van der Waals surface area contributed by atoms with E-state index in [1.165, 1.54) is 17.5 Å². The number of nitrogens with two attached hydrogens (primary N) is 1. The molecule has 2 rings (SSSR count). The van der Waals surface area contributed by atoms with E-state index in [1.54, 1.807) is 0 Å². The first-order valence-electron chi connectivity index (χ1n) is 6.47. The quantitative estimate of drug-likeness (QED) is 0.913. The highest BCUT2D eigenvalue weighted by Crippen LogP contribution is 2.22. The number of aryl methyl sites for hydroxylation is 1. The van der Waals surface area contributed by atoms with Crippen LogP contribution >= 0.6 is 0 Å². The number of nitrogen functional groups attached to an aromatic ring is 1. The largest absolute Gasteiger partial charge is 0.383 e. The second kappa shape index (κ2) is 5.69. The SMILES string of the molecule is CCc1c(N)ncnc1N(C)Cc1ccc(C)cc1. The summed E-state index contributed by atoms with van der Waals surface area (Å²) in [6.07, 6.45) is 2.36. The van der Waals surface area contributed by atoms with E-state index in [4.69, 9.17) is 5.73 Å². The van der Waals surface area contributed by atoms with E-state index >= 15 is 0 Å². The Kier molecular flexibility index (Phi) is 4.00. The van der Waals surface area contributed by atoms with Crippen LogP contribution in [-0.2, 0) is 13.0 Å². The predicted molar refractivity (Wildman–Crippen MR) is 79.1 cm³/mol. The van der Waals surface area contributed by atoms with E-state index in [0.717, 1.165) is 24.3 Å². The Morgan fingerprint density at radius 3 is 2.47 bits per heavy atom. The number of nitrogens with zero attached hydrogens (tertiary/aromatic N) is 3. The number of anilines is 2. The molecule has 0 spiro atoms. The summed E-state index contributed by atoms with van der Waals surface area (Å²) in [7, 11) is 2.03. The zero-order chi connectivity index (χ0) is 13.8. The fourth-order valence-corrected chi connectivity index (χ4v) is 2.13. The molecule has 0 aliphatic carbocycles. The van der Waals surface area contributed by atoms with Gasteiger partial charge in [0.2, 0.25) is 0 Å². The third-order valence-corrected chi connectivity index (χ3v) is 3.21. The molecular weight excluding hydrogens is 236 g/mol.